The summed E-state index contributed by atoms with van der Waals surface area (Å²) in [6.07, 6.45) is 7.19. The monoisotopic (exact) mass is 249 g/mol. The Morgan fingerprint density at radius 3 is 2.94 bits per heavy atom. The molecule has 1 aliphatic heterocycles. The van der Waals surface area contributed by atoms with Crippen LogP contribution in [-0.4, -0.2) is 30.0 Å². The van der Waals surface area contributed by atoms with Gasteiger partial charge >= 0.3 is 0 Å². The number of hydrogen-bond donors (Lipinski definition) is 3. The number of nitrogens with one attached hydrogen (secondary N) is 3. The van der Waals surface area contributed by atoms with Crippen molar-refractivity contribution in [1.82, 2.24) is 15.6 Å². The molecule has 18 heavy (non-hydrogen) atoms. The van der Waals surface area contributed by atoms with Crippen LogP contribution in [0.25, 0.3) is 0 Å². The maximum Gasteiger partial charge on any atom is 0.237 e. The van der Waals surface area contributed by atoms with Crippen LogP contribution < -0.4 is 10.6 Å². The Bertz CT molecular complexity index is 378. The summed E-state index contributed by atoms with van der Waals surface area (Å²) in [6, 6.07) is 2.06. The fourth-order valence-electron chi connectivity index (χ4n) is 2.35. The molecule has 4 heteroatoms. The van der Waals surface area contributed by atoms with Gasteiger partial charge in [-0.1, -0.05) is 20.3 Å². The Hall–Kier alpha value is -1.29. The molecule has 0 saturated carbocycles. The van der Waals surface area contributed by atoms with Crippen molar-refractivity contribution in [2.45, 2.75) is 44.6 Å². The molecule has 1 aliphatic rings. The Balaban J connectivity index is 1.85. The van der Waals surface area contributed by atoms with E-state index in [4.69, 9.17) is 0 Å². The van der Waals surface area contributed by atoms with Gasteiger partial charge in [-0.15, -0.1) is 0 Å². The average Bonchev–Trinajstić information content (AvgIpc) is 2.92. The Morgan fingerprint density at radius 2 is 2.33 bits per heavy atom. The van der Waals surface area contributed by atoms with Gasteiger partial charge in [-0.25, -0.2) is 0 Å². The Morgan fingerprint density at radius 1 is 1.50 bits per heavy atom. The van der Waals surface area contributed by atoms with E-state index in [1.165, 1.54) is 12.0 Å². The lowest BCUT2D eigenvalue weighted by Gasteiger charge is -2.27. The van der Waals surface area contributed by atoms with E-state index < -0.39 is 0 Å². The summed E-state index contributed by atoms with van der Waals surface area (Å²) in [5.41, 5.74) is 1.18. The number of H-pyrrole nitrogens is 1. The third-order valence-electron chi connectivity index (χ3n) is 3.71. The molecule has 0 spiro atoms. The molecule has 1 saturated heterocycles. The molecular formula is C14H23N3O. The summed E-state index contributed by atoms with van der Waals surface area (Å²) in [4.78, 5) is 15.1. The van der Waals surface area contributed by atoms with Crippen LogP contribution in [0, 0.1) is 0 Å². The smallest absolute Gasteiger partial charge is 0.237 e. The number of piperidine rings is 1. The van der Waals surface area contributed by atoms with Crippen LogP contribution in [0.5, 0.6) is 0 Å². The van der Waals surface area contributed by atoms with Crippen molar-refractivity contribution >= 4 is 5.91 Å². The summed E-state index contributed by atoms with van der Waals surface area (Å²) in [5, 5.41) is 6.34. The number of carbonyl (C=O) groups excluding carboxylic acids is 1. The molecule has 0 aliphatic carbocycles. The molecule has 100 valence electrons. The van der Waals surface area contributed by atoms with Gasteiger partial charge in [0.2, 0.25) is 5.91 Å². The average molecular weight is 249 g/mol. The van der Waals surface area contributed by atoms with Gasteiger partial charge in [-0.3, -0.25) is 4.79 Å². The van der Waals surface area contributed by atoms with Crippen molar-refractivity contribution < 1.29 is 4.79 Å². The van der Waals surface area contributed by atoms with E-state index in [9.17, 15) is 4.79 Å². The number of hydrogen-bond acceptors (Lipinski definition) is 2. The first-order chi connectivity index (χ1) is 8.59. The quantitative estimate of drug-likeness (QED) is 0.758. The van der Waals surface area contributed by atoms with Crippen LogP contribution in [0.15, 0.2) is 18.5 Å². The van der Waals surface area contributed by atoms with Gasteiger partial charge in [0.05, 0.1) is 6.04 Å². The third-order valence-corrected chi connectivity index (χ3v) is 3.71. The Labute approximate surface area is 109 Å². The molecule has 1 fully saturated rings. The van der Waals surface area contributed by atoms with Crippen molar-refractivity contribution in [3.8, 4) is 0 Å². The number of rotatable bonds is 4. The Kier molecular flexibility index (Phi) is 4.07. The maximum absolute atomic E-state index is 12.0. The minimum atomic E-state index is -0.0374. The van der Waals surface area contributed by atoms with E-state index in [2.05, 4.69) is 35.5 Å². The van der Waals surface area contributed by atoms with Crippen LogP contribution in [-0.2, 0) is 10.2 Å². The molecule has 2 heterocycles. The van der Waals surface area contributed by atoms with Crippen LogP contribution in [0.1, 0.15) is 38.7 Å². The fraction of sp³-hybridized carbons (Fsp3) is 0.643. The van der Waals surface area contributed by atoms with Crippen molar-refractivity contribution in [2.75, 3.05) is 13.1 Å². The predicted molar refractivity (Wildman–Crippen MR) is 72.5 cm³/mol. The normalized spacial score (nSPS) is 20.7. The maximum atomic E-state index is 12.0. The van der Waals surface area contributed by atoms with E-state index in [-0.39, 0.29) is 17.4 Å². The predicted octanol–water partition coefficient (Wildman–Crippen LogP) is 1.55. The highest BCUT2D eigenvalue weighted by molar-refractivity contribution is 5.81. The largest absolute Gasteiger partial charge is 0.367 e. The highest BCUT2D eigenvalue weighted by atomic mass is 16.2. The zero-order chi connectivity index (χ0) is 13.0. The molecule has 1 atom stereocenters. The first-order valence-corrected chi connectivity index (χ1v) is 6.74. The second-order valence-corrected chi connectivity index (χ2v) is 5.70. The number of aromatic amines is 1. The molecule has 0 radical (unpaired) electrons. The van der Waals surface area contributed by atoms with E-state index in [0.717, 1.165) is 19.4 Å². The van der Waals surface area contributed by atoms with Gasteiger partial charge < -0.3 is 15.6 Å². The summed E-state index contributed by atoms with van der Waals surface area (Å²) in [5.74, 6) is 0.137. The topological polar surface area (TPSA) is 56.9 Å². The summed E-state index contributed by atoms with van der Waals surface area (Å²) in [7, 11) is 0. The van der Waals surface area contributed by atoms with Gasteiger partial charge in [0.25, 0.3) is 0 Å². The van der Waals surface area contributed by atoms with Crippen molar-refractivity contribution in [2.24, 2.45) is 0 Å². The van der Waals surface area contributed by atoms with Gasteiger partial charge in [0.1, 0.15) is 0 Å². The molecule has 2 rings (SSSR count). The standard InChI is InChI=1S/C14H23N3O/c1-14(2,11-6-8-15-9-11)10-17-13(18)12-5-3-4-7-16-12/h6,8-9,12,15-16H,3-5,7,10H2,1-2H3,(H,17,18). The lowest BCUT2D eigenvalue weighted by molar-refractivity contribution is -0.123. The molecule has 0 bridgehead atoms. The molecule has 1 aromatic rings. The van der Waals surface area contributed by atoms with Gasteiger partial charge in [0.15, 0.2) is 0 Å². The van der Waals surface area contributed by atoms with Crippen LogP contribution in [0.2, 0.25) is 0 Å². The van der Waals surface area contributed by atoms with Gasteiger partial charge in [-0.05, 0) is 31.0 Å². The van der Waals surface area contributed by atoms with Crippen LogP contribution >= 0.6 is 0 Å². The highest BCUT2D eigenvalue weighted by Gasteiger charge is 2.25. The van der Waals surface area contributed by atoms with Crippen molar-refractivity contribution in [3.63, 3.8) is 0 Å². The lowest BCUT2D eigenvalue weighted by Crippen LogP contribution is -2.49. The van der Waals surface area contributed by atoms with Gasteiger partial charge in [0, 0.05) is 24.4 Å². The lowest BCUT2D eigenvalue weighted by atomic mass is 9.86. The first-order valence-electron chi connectivity index (χ1n) is 6.74. The fourth-order valence-corrected chi connectivity index (χ4v) is 2.35. The number of carbonyl (C=O) groups is 1. The van der Waals surface area contributed by atoms with E-state index >= 15 is 0 Å². The van der Waals surface area contributed by atoms with Gasteiger partial charge in [-0.2, -0.15) is 0 Å². The number of aromatic nitrogens is 1. The SMILES string of the molecule is CC(C)(CNC(=O)C1CCCCN1)c1cc[nH]c1. The second-order valence-electron chi connectivity index (χ2n) is 5.70. The minimum absolute atomic E-state index is 0.000717. The first kappa shape index (κ1) is 13.1. The third kappa shape index (κ3) is 3.13. The minimum Gasteiger partial charge on any atom is -0.367 e. The summed E-state index contributed by atoms with van der Waals surface area (Å²) < 4.78 is 0. The molecule has 1 unspecified atom stereocenters. The molecule has 1 amide bonds. The second kappa shape index (κ2) is 5.57. The summed E-state index contributed by atoms with van der Waals surface area (Å²) in [6.45, 7) is 5.91. The van der Waals surface area contributed by atoms with Crippen LogP contribution in [0.3, 0.4) is 0 Å². The molecular weight excluding hydrogens is 226 g/mol. The molecule has 3 N–H and O–H groups in total. The zero-order valence-corrected chi connectivity index (χ0v) is 11.3. The molecule has 1 aromatic heterocycles. The van der Waals surface area contributed by atoms with E-state index in [1.54, 1.807) is 0 Å². The van der Waals surface area contributed by atoms with Crippen molar-refractivity contribution in [1.29, 1.82) is 0 Å². The number of amides is 1. The summed E-state index contributed by atoms with van der Waals surface area (Å²) >= 11 is 0. The highest BCUT2D eigenvalue weighted by Crippen LogP contribution is 2.21. The van der Waals surface area contributed by atoms with Crippen LogP contribution in [0.4, 0.5) is 0 Å². The van der Waals surface area contributed by atoms with E-state index in [1.807, 2.05) is 12.4 Å². The molecule has 0 aromatic carbocycles. The van der Waals surface area contributed by atoms with Crippen molar-refractivity contribution in [3.05, 3.63) is 24.0 Å². The molecule has 4 nitrogen and oxygen atoms in total. The zero-order valence-electron chi connectivity index (χ0n) is 11.3. The van der Waals surface area contributed by atoms with E-state index in [0.29, 0.717) is 6.54 Å².